The molecule has 0 bridgehead atoms. The molecule has 0 saturated heterocycles. The summed E-state index contributed by atoms with van der Waals surface area (Å²) in [6.07, 6.45) is 1.73. The molecule has 1 aromatic heterocycles. The highest BCUT2D eigenvalue weighted by atomic mass is 32.2. The molecule has 3 rings (SSSR count). The van der Waals surface area contributed by atoms with Crippen molar-refractivity contribution < 1.29 is 14.3 Å². The number of nitrogens with one attached hydrogen (secondary N) is 1. The Balaban J connectivity index is 2.24. The molecule has 0 aliphatic carbocycles. The van der Waals surface area contributed by atoms with E-state index >= 15 is 0 Å². The van der Waals surface area contributed by atoms with Crippen molar-refractivity contribution in [3.05, 3.63) is 48.0 Å². The summed E-state index contributed by atoms with van der Waals surface area (Å²) in [5.41, 5.74) is 1.50. The maximum Gasteiger partial charge on any atom is 0.267 e. The van der Waals surface area contributed by atoms with Crippen LogP contribution in [0.15, 0.2) is 46.9 Å². The van der Waals surface area contributed by atoms with Crippen molar-refractivity contribution in [2.24, 2.45) is 0 Å². The number of benzene rings is 2. The van der Waals surface area contributed by atoms with Gasteiger partial charge in [0.05, 0.1) is 0 Å². The second-order valence-electron chi connectivity index (χ2n) is 6.83. The summed E-state index contributed by atoms with van der Waals surface area (Å²) < 4.78 is 5.86. The molecule has 1 atom stereocenters. The number of rotatable bonds is 3. The van der Waals surface area contributed by atoms with Gasteiger partial charge in [0.2, 0.25) is 4.93 Å². The number of carbonyl (C=O) groups is 1. The molecule has 2 aromatic carbocycles. The number of para-hydroxylation sites is 1. The van der Waals surface area contributed by atoms with E-state index < -0.39 is 16.4 Å². The van der Waals surface area contributed by atoms with Gasteiger partial charge in [0.25, 0.3) is 5.91 Å². The maximum atomic E-state index is 12.8. The van der Waals surface area contributed by atoms with Crippen LogP contribution in [0.2, 0.25) is 0 Å². The van der Waals surface area contributed by atoms with Gasteiger partial charge >= 0.3 is 0 Å². The molecule has 4 nitrogen and oxygen atoms in total. The monoisotopic (exact) mass is 343 g/mol. The summed E-state index contributed by atoms with van der Waals surface area (Å²) in [7, 11) is 0. The number of furan rings is 1. The van der Waals surface area contributed by atoms with E-state index in [0.717, 1.165) is 28.1 Å². The molecule has 0 aliphatic rings. The van der Waals surface area contributed by atoms with E-state index in [1.165, 1.54) is 0 Å². The molecule has 126 valence electrons. The van der Waals surface area contributed by atoms with Gasteiger partial charge in [-0.2, -0.15) is 0 Å². The lowest BCUT2D eigenvalue weighted by atomic mass is 9.99. The summed E-state index contributed by atoms with van der Waals surface area (Å²) in [5, 5.41) is 15.7. The third-order valence-electron chi connectivity index (χ3n) is 3.86. The molecule has 0 spiro atoms. The van der Waals surface area contributed by atoms with Crippen molar-refractivity contribution in [1.29, 1.82) is 0 Å². The van der Waals surface area contributed by atoms with Crippen molar-refractivity contribution in [1.82, 2.24) is 5.32 Å². The van der Waals surface area contributed by atoms with Crippen molar-refractivity contribution in [2.45, 2.75) is 31.2 Å². The highest BCUT2D eigenvalue weighted by Gasteiger charge is 2.40. The predicted octanol–water partition coefficient (Wildman–Crippen LogP) is 4.01. The largest absolute Gasteiger partial charge is 0.456 e. The fourth-order valence-corrected chi connectivity index (χ4v) is 3.43. The quantitative estimate of drug-likeness (QED) is 0.706. The Labute approximate surface area is 145 Å². The van der Waals surface area contributed by atoms with Crippen molar-refractivity contribution in [3.8, 4) is 0 Å². The SMILES string of the molecule is CSC(O)(C(=O)NC(C)(C)C)c1cccc2oc3ccccc3c12. The minimum absolute atomic E-state index is 0.430. The van der Waals surface area contributed by atoms with Gasteiger partial charge in [0.1, 0.15) is 11.2 Å². The Morgan fingerprint density at radius 1 is 1.08 bits per heavy atom. The molecular formula is C19H21NO3S. The van der Waals surface area contributed by atoms with Crippen LogP contribution < -0.4 is 5.32 Å². The van der Waals surface area contributed by atoms with Crippen LogP contribution in [0.5, 0.6) is 0 Å². The minimum Gasteiger partial charge on any atom is -0.456 e. The van der Waals surface area contributed by atoms with E-state index in [-0.39, 0.29) is 0 Å². The Hall–Kier alpha value is -1.98. The molecule has 0 saturated carbocycles. The Bertz CT molecular complexity index is 910. The molecule has 1 amide bonds. The van der Waals surface area contributed by atoms with Crippen LogP contribution in [0, 0.1) is 0 Å². The number of hydrogen-bond donors (Lipinski definition) is 2. The molecule has 3 aromatic rings. The topological polar surface area (TPSA) is 62.5 Å². The van der Waals surface area contributed by atoms with E-state index in [9.17, 15) is 9.90 Å². The number of aliphatic hydroxyl groups is 1. The fraction of sp³-hybridized carbons (Fsp3) is 0.316. The molecule has 1 unspecified atom stereocenters. The van der Waals surface area contributed by atoms with E-state index in [2.05, 4.69) is 5.32 Å². The highest BCUT2D eigenvalue weighted by molar-refractivity contribution is 8.00. The molecule has 1 heterocycles. The highest BCUT2D eigenvalue weighted by Crippen LogP contribution is 2.41. The number of hydrogen-bond acceptors (Lipinski definition) is 4. The first-order valence-electron chi connectivity index (χ1n) is 7.77. The van der Waals surface area contributed by atoms with Crippen LogP contribution in [0.25, 0.3) is 21.9 Å². The van der Waals surface area contributed by atoms with Crippen molar-refractivity contribution in [3.63, 3.8) is 0 Å². The summed E-state index contributed by atoms with van der Waals surface area (Å²) in [6, 6.07) is 13.1. The first-order chi connectivity index (χ1) is 11.3. The lowest BCUT2D eigenvalue weighted by molar-refractivity contribution is -0.133. The van der Waals surface area contributed by atoms with Gasteiger partial charge in [-0.05, 0) is 39.2 Å². The zero-order chi connectivity index (χ0) is 17.5. The lowest BCUT2D eigenvalue weighted by Crippen LogP contribution is -2.50. The molecule has 0 radical (unpaired) electrons. The van der Waals surface area contributed by atoms with Gasteiger partial charge in [-0.25, -0.2) is 0 Å². The molecular weight excluding hydrogens is 322 g/mol. The summed E-state index contributed by atoms with van der Waals surface area (Å²) in [6.45, 7) is 5.67. The second-order valence-corrected chi connectivity index (χ2v) is 7.83. The first kappa shape index (κ1) is 16.9. The standard InChI is InChI=1S/C19H21NO3S/c1-18(2,3)20-17(21)19(22,24-4)13-9-7-11-15-16(13)12-8-5-6-10-14(12)23-15/h5-11,22H,1-4H3,(H,20,21). The second kappa shape index (κ2) is 5.83. The molecule has 0 fully saturated rings. The molecule has 0 aliphatic heterocycles. The molecule has 2 N–H and O–H groups in total. The predicted molar refractivity (Wildman–Crippen MR) is 99.0 cm³/mol. The first-order valence-corrected chi connectivity index (χ1v) is 8.99. The average Bonchev–Trinajstić information content (AvgIpc) is 2.90. The normalized spacial score (nSPS) is 14.7. The average molecular weight is 343 g/mol. The van der Waals surface area contributed by atoms with Gasteiger partial charge in [0.15, 0.2) is 0 Å². The summed E-state index contributed by atoms with van der Waals surface area (Å²) in [5.74, 6) is -0.430. The van der Waals surface area contributed by atoms with Crippen LogP contribution in [0.1, 0.15) is 26.3 Å². The van der Waals surface area contributed by atoms with Gasteiger partial charge < -0.3 is 14.8 Å². The Morgan fingerprint density at radius 3 is 2.42 bits per heavy atom. The zero-order valence-corrected chi connectivity index (χ0v) is 15.0. The van der Waals surface area contributed by atoms with E-state index in [4.69, 9.17) is 4.42 Å². The van der Waals surface area contributed by atoms with Crippen LogP contribution in [0.3, 0.4) is 0 Å². The van der Waals surface area contributed by atoms with Crippen LogP contribution in [-0.2, 0) is 9.73 Å². The van der Waals surface area contributed by atoms with E-state index in [0.29, 0.717) is 11.1 Å². The van der Waals surface area contributed by atoms with Gasteiger partial charge in [0, 0.05) is 21.9 Å². The van der Waals surface area contributed by atoms with Crippen molar-refractivity contribution in [2.75, 3.05) is 6.26 Å². The zero-order valence-electron chi connectivity index (χ0n) is 14.2. The van der Waals surface area contributed by atoms with Crippen LogP contribution in [0.4, 0.5) is 0 Å². The van der Waals surface area contributed by atoms with Gasteiger partial charge in [-0.3, -0.25) is 4.79 Å². The molecule has 24 heavy (non-hydrogen) atoms. The van der Waals surface area contributed by atoms with Crippen LogP contribution >= 0.6 is 11.8 Å². The number of fused-ring (bicyclic) bond motifs is 3. The molecule has 5 heteroatoms. The van der Waals surface area contributed by atoms with Gasteiger partial charge in [-0.1, -0.05) is 30.3 Å². The fourth-order valence-electron chi connectivity index (χ4n) is 2.81. The number of thioether (sulfide) groups is 1. The third kappa shape index (κ3) is 2.78. The number of carbonyl (C=O) groups excluding carboxylic acids is 1. The Morgan fingerprint density at radius 2 is 1.75 bits per heavy atom. The van der Waals surface area contributed by atoms with Gasteiger partial charge in [-0.15, -0.1) is 11.8 Å². The smallest absolute Gasteiger partial charge is 0.267 e. The lowest BCUT2D eigenvalue weighted by Gasteiger charge is -2.30. The Kier molecular flexibility index (Phi) is 4.10. The maximum absolute atomic E-state index is 12.8. The minimum atomic E-state index is -1.70. The van der Waals surface area contributed by atoms with Crippen molar-refractivity contribution >= 4 is 39.6 Å². The van der Waals surface area contributed by atoms with Crippen LogP contribution in [-0.4, -0.2) is 22.8 Å². The summed E-state index contributed by atoms with van der Waals surface area (Å²) >= 11 is 1.10. The van der Waals surface area contributed by atoms with E-state index in [1.807, 2.05) is 51.1 Å². The third-order valence-corrected chi connectivity index (χ3v) is 4.86. The summed E-state index contributed by atoms with van der Waals surface area (Å²) in [4.78, 5) is 11.1. The number of amides is 1. The van der Waals surface area contributed by atoms with E-state index in [1.54, 1.807) is 18.4 Å².